The molecule has 3 aromatic rings. The summed E-state index contributed by atoms with van der Waals surface area (Å²) >= 11 is 7.87. The smallest absolute Gasteiger partial charge is 0.326 e. The first-order valence-electron chi connectivity index (χ1n) is 10.0. The Hall–Kier alpha value is -2.25. The van der Waals surface area contributed by atoms with E-state index < -0.39 is 0 Å². The quantitative estimate of drug-likeness (QED) is 0.337. The molecule has 0 spiro atoms. The maximum atomic E-state index is 13.2. The Balaban J connectivity index is 1.96. The number of hydrogen-bond donors (Lipinski definition) is 1. The van der Waals surface area contributed by atoms with Crippen molar-refractivity contribution < 1.29 is 9.53 Å². The zero-order valence-corrected chi connectivity index (χ0v) is 18.8. The Kier molecular flexibility index (Phi) is 5.93. The van der Waals surface area contributed by atoms with Gasteiger partial charge in [-0.05, 0) is 56.2 Å². The van der Waals surface area contributed by atoms with Gasteiger partial charge in [0.05, 0.1) is 27.4 Å². The molecule has 0 bridgehead atoms. The molecule has 0 aliphatic heterocycles. The Labute approximate surface area is 184 Å². The van der Waals surface area contributed by atoms with E-state index >= 15 is 0 Å². The monoisotopic (exact) mass is 445 g/mol. The fraction of sp³-hybridized carbons (Fsp3) is 0.409. The molecule has 1 aliphatic rings. The molecule has 0 unspecified atom stereocenters. The van der Waals surface area contributed by atoms with Crippen LogP contribution in [-0.2, 0) is 16.1 Å². The number of pyridine rings is 2. The van der Waals surface area contributed by atoms with E-state index in [4.69, 9.17) is 21.3 Å². The number of hydrogen-bond acceptors (Lipinski definition) is 6. The third-order valence-electron chi connectivity index (χ3n) is 5.50. The van der Waals surface area contributed by atoms with Crippen LogP contribution in [0, 0.1) is 5.92 Å². The zero-order chi connectivity index (χ0) is 21.4. The van der Waals surface area contributed by atoms with Gasteiger partial charge in [0.2, 0.25) is 0 Å². The van der Waals surface area contributed by atoms with Gasteiger partial charge in [-0.25, -0.2) is 4.98 Å². The summed E-state index contributed by atoms with van der Waals surface area (Å²) in [6.45, 7) is 4.23. The Morgan fingerprint density at radius 2 is 2.03 bits per heavy atom. The molecule has 8 heteroatoms. The number of fused-ring (bicyclic) bond motifs is 2. The molecule has 1 aliphatic carbocycles. The molecule has 1 aromatic carbocycles. The lowest BCUT2D eigenvalue weighted by atomic mass is 9.82. The summed E-state index contributed by atoms with van der Waals surface area (Å²) < 4.78 is 6.95. The fourth-order valence-electron chi connectivity index (χ4n) is 4.07. The summed E-state index contributed by atoms with van der Waals surface area (Å²) in [4.78, 5) is 31.1. The van der Waals surface area contributed by atoms with Gasteiger partial charge in [-0.2, -0.15) is 0 Å². The molecule has 30 heavy (non-hydrogen) atoms. The van der Waals surface area contributed by atoms with Crippen molar-refractivity contribution in [2.24, 2.45) is 5.92 Å². The van der Waals surface area contributed by atoms with Crippen molar-refractivity contribution >= 4 is 57.1 Å². The average molecular weight is 446 g/mol. The van der Waals surface area contributed by atoms with Crippen molar-refractivity contribution in [3.63, 3.8) is 0 Å². The van der Waals surface area contributed by atoms with Gasteiger partial charge in [0, 0.05) is 11.4 Å². The van der Waals surface area contributed by atoms with Crippen molar-refractivity contribution in [3.8, 4) is 0 Å². The largest absolute Gasteiger partial charge is 0.465 e. The highest BCUT2D eigenvalue weighted by molar-refractivity contribution is 7.99. The second kappa shape index (κ2) is 8.47. The lowest BCUT2D eigenvalue weighted by Crippen LogP contribution is -2.34. The van der Waals surface area contributed by atoms with Gasteiger partial charge in [-0.1, -0.05) is 18.5 Å². The van der Waals surface area contributed by atoms with Gasteiger partial charge in [0.15, 0.2) is 5.43 Å². The van der Waals surface area contributed by atoms with Crippen LogP contribution in [0.5, 0.6) is 0 Å². The van der Waals surface area contributed by atoms with E-state index in [0.29, 0.717) is 44.7 Å². The minimum Gasteiger partial charge on any atom is -0.465 e. The van der Waals surface area contributed by atoms with E-state index in [1.807, 2.05) is 12.3 Å². The molecule has 2 heterocycles. The number of ether oxygens (including phenoxy) is 1. The highest BCUT2D eigenvalue weighted by Crippen LogP contribution is 2.34. The molecule has 0 amide bonds. The van der Waals surface area contributed by atoms with Crippen molar-refractivity contribution in [1.82, 2.24) is 9.55 Å². The minimum absolute atomic E-state index is 0.0497. The molecular formula is C22H24ClN3O3S. The van der Waals surface area contributed by atoms with Gasteiger partial charge in [-0.3, -0.25) is 9.59 Å². The van der Waals surface area contributed by atoms with E-state index in [0.717, 1.165) is 17.7 Å². The average Bonchev–Trinajstić information content (AvgIpc) is 2.70. The molecule has 0 atom stereocenters. The first-order valence-corrected chi connectivity index (χ1v) is 11.6. The number of benzene rings is 1. The third-order valence-corrected chi connectivity index (χ3v) is 6.74. The van der Waals surface area contributed by atoms with Gasteiger partial charge < -0.3 is 14.6 Å². The second-order valence-electron chi connectivity index (χ2n) is 7.68. The van der Waals surface area contributed by atoms with Crippen LogP contribution in [0.4, 0.5) is 5.82 Å². The number of aromatic nitrogens is 2. The number of rotatable bonds is 6. The van der Waals surface area contributed by atoms with Crippen molar-refractivity contribution in [2.45, 2.75) is 44.2 Å². The number of nitrogens with zero attached hydrogens (tertiary/aromatic N) is 2. The number of halogens is 1. The fourth-order valence-corrected chi connectivity index (χ4v) is 5.13. The molecule has 1 saturated carbocycles. The normalized spacial score (nSPS) is 18.4. The Morgan fingerprint density at radius 3 is 2.70 bits per heavy atom. The number of thioether (sulfide) groups is 1. The summed E-state index contributed by atoms with van der Waals surface area (Å²) in [6.07, 6.45) is 4.09. The minimum atomic E-state index is -0.385. The number of esters is 1. The van der Waals surface area contributed by atoms with Crippen LogP contribution in [0.15, 0.2) is 34.0 Å². The van der Waals surface area contributed by atoms with Crippen molar-refractivity contribution in [1.29, 1.82) is 0 Å². The third kappa shape index (κ3) is 3.76. The maximum Gasteiger partial charge on any atom is 0.326 e. The summed E-state index contributed by atoms with van der Waals surface area (Å²) in [5.74, 6) is 1.02. The summed E-state index contributed by atoms with van der Waals surface area (Å²) in [6, 6.07) is 7.43. The van der Waals surface area contributed by atoms with Crippen LogP contribution >= 0.6 is 23.4 Å². The lowest BCUT2D eigenvalue weighted by Gasteiger charge is -2.33. The number of nitrogens with one attached hydrogen (secondary N) is 1. The second-order valence-corrected chi connectivity index (χ2v) is 8.91. The van der Waals surface area contributed by atoms with Crippen LogP contribution in [0.25, 0.3) is 21.9 Å². The Morgan fingerprint density at radius 1 is 1.30 bits per heavy atom. The van der Waals surface area contributed by atoms with Crippen LogP contribution in [0.2, 0.25) is 5.02 Å². The predicted molar refractivity (Wildman–Crippen MR) is 123 cm³/mol. The van der Waals surface area contributed by atoms with E-state index in [9.17, 15) is 9.59 Å². The first-order chi connectivity index (χ1) is 14.4. The van der Waals surface area contributed by atoms with Gasteiger partial charge in [-0.15, -0.1) is 11.8 Å². The standard InChI is InChI=1S/C22H24ClN3O3S/c1-4-29-18(27)11-26-19-14(5-7-16(23)21(19)30-3)20(28)15-6-8-17(25-22(15)26)24-13-9-12(2)10-13/h5-8,12-13H,4,9-11H2,1-3H3,(H,24,25). The van der Waals surface area contributed by atoms with Gasteiger partial charge in [0.25, 0.3) is 0 Å². The highest BCUT2D eigenvalue weighted by atomic mass is 35.5. The molecule has 1 N–H and O–H groups in total. The molecular weight excluding hydrogens is 422 g/mol. The number of carbonyl (C=O) groups excluding carboxylic acids is 1. The predicted octanol–water partition coefficient (Wildman–Crippen LogP) is 4.70. The van der Waals surface area contributed by atoms with E-state index in [2.05, 4.69) is 12.2 Å². The number of anilines is 1. The molecule has 6 nitrogen and oxygen atoms in total. The van der Waals surface area contributed by atoms with Crippen LogP contribution in [0.1, 0.15) is 26.7 Å². The maximum absolute atomic E-state index is 13.2. The topological polar surface area (TPSA) is 73.2 Å². The van der Waals surface area contributed by atoms with E-state index in [1.165, 1.54) is 11.8 Å². The van der Waals surface area contributed by atoms with Gasteiger partial charge >= 0.3 is 5.97 Å². The molecule has 158 valence electrons. The summed E-state index contributed by atoms with van der Waals surface area (Å²) in [5, 5.41) is 4.95. The van der Waals surface area contributed by atoms with Crippen LogP contribution in [-0.4, -0.2) is 34.4 Å². The van der Waals surface area contributed by atoms with E-state index in [-0.39, 0.29) is 24.5 Å². The highest BCUT2D eigenvalue weighted by Gasteiger charge is 2.26. The number of carbonyl (C=O) groups is 1. The molecule has 4 rings (SSSR count). The van der Waals surface area contributed by atoms with E-state index in [1.54, 1.807) is 29.7 Å². The van der Waals surface area contributed by atoms with Crippen molar-refractivity contribution in [3.05, 3.63) is 39.5 Å². The first kappa shape index (κ1) is 21.0. The molecule has 0 radical (unpaired) electrons. The summed E-state index contributed by atoms with van der Waals surface area (Å²) in [5.41, 5.74) is 0.946. The molecule has 0 saturated heterocycles. The van der Waals surface area contributed by atoms with Gasteiger partial charge in [0.1, 0.15) is 18.0 Å². The zero-order valence-electron chi connectivity index (χ0n) is 17.2. The van der Waals surface area contributed by atoms with Crippen LogP contribution in [0.3, 0.4) is 0 Å². The van der Waals surface area contributed by atoms with Crippen LogP contribution < -0.4 is 10.7 Å². The molecule has 2 aromatic heterocycles. The molecule has 1 fully saturated rings. The Bertz CT molecular complexity index is 1190. The van der Waals surface area contributed by atoms with Crippen molar-refractivity contribution in [2.75, 3.05) is 18.2 Å². The SMILES string of the molecule is CCOC(=O)Cn1c2nc(NC3CC(C)C3)ccc2c(=O)c2ccc(Cl)c(SC)c21. The summed E-state index contributed by atoms with van der Waals surface area (Å²) in [7, 11) is 0. The lowest BCUT2D eigenvalue weighted by molar-refractivity contribution is -0.143.